The molecule has 1 saturated heterocycles. The summed E-state index contributed by atoms with van der Waals surface area (Å²) in [6.45, 7) is 2.93. The maximum Gasteiger partial charge on any atom is 0.181 e. The summed E-state index contributed by atoms with van der Waals surface area (Å²) < 4.78 is 31.7. The third-order valence-corrected chi connectivity index (χ3v) is 7.16. The quantitative estimate of drug-likeness (QED) is 0.317. The fraction of sp³-hybridized carbons (Fsp3) is 0.300. The number of tetrazole rings is 1. The minimum atomic E-state index is -1.54. The van der Waals surface area contributed by atoms with Crippen LogP contribution in [0, 0.1) is 34.4 Å². The van der Waals surface area contributed by atoms with E-state index in [9.17, 15) is 14.9 Å². The summed E-state index contributed by atoms with van der Waals surface area (Å²) in [6.07, 6.45) is 0.405. The molecule has 1 aromatic heterocycles. The lowest BCUT2D eigenvalue weighted by Gasteiger charge is -2.46. The van der Waals surface area contributed by atoms with Gasteiger partial charge in [-0.25, -0.2) is 13.5 Å². The van der Waals surface area contributed by atoms with E-state index >= 15 is 4.39 Å². The van der Waals surface area contributed by atoms with Gasteiger partial charge in [-0.3, -0.25) is 4.90 Å². The average Bonchev–Trinajstić information content (AvgIpc) is 3.33. The van der Waals surface area contributed by atoms with Crippen LogP contribution in [-0.2, 0) is 13.5 Å². The minimum Gasteiger partial charge on any atom is -0.292 e. The van der Waals surface area contributed by atoms with E-state index in [1.165, 1.54) is 16.8 Å². The molecule has 39 heavy (non-hydrogen) atoms. The van der Waals surface area contributed by atoms with Crippen molar-refractivity contribution in [2.75, 3.05) is 13.1 Å². The van der Waals surface area contributed by atoms with Crippen molar-refractivity contribution in [3.8, 4) is 23.5 Å². The first-order valence-corrected chi connectivity index (χ1v) is 12.7. The van der Waals surface area contributed by atoms with Crippen molar-refractivity contribution >= 4 is 0 Å². The third kappa shape index (κ3) is 5.84. The molecule has 9 heteroatoms. The number of aryl methyl sites for hydroxylation is 1. The van der Waals surface area contributed by atoms with Crippen molar-refractivity contribution in [1.82, 2.24) is 25.1 Å². The van der Waals surface area contributed by atoms with Gasteiger partial charge in [0.2, 0.25) is 0 Å². The van der Waals surface area contributed by atoms with Crippen LogP contribution in [0.25, 0.3) is 11.4 Å². The number of likely N-dealkylation sites (tertiary alicyclic amines) is 1. The second-order valence-electron chi connectivity index (χ2n) is 10.5. The van der Waals surface area contributed by atoms with Gasteiger partial charge in [0, 0.05) is 32.1 Å². The standard InChI is InChI=1S/C30H27F2N7/c1-30(32,14-22-11-26(13-27(31)12-22)29-35-36-37-38(29)2)15-23-18-39(19-23)28(24-8-6-20(16-33)7-9-24)25-5-3-4-21(10-25)17-34/h3-13,23,28H,14-15,18-19H2,1-2H3. The molecule has 1 aliphatic heterocycles. The van der Waals surface area contributed by atoms with Crippen LogP contribution >= 0.6 is 0 Å². The smallest absolute Gasteiger partial charge is 0.181 e. The van der Waals surface area contributed by atoms with E-state index in [2.05, 4.69) is 32.6 Å². The first kappa shape index (κ1) is 26.1. The molecule has 196 valence electrons. The predicted octanol–water partition coefficient (Wildman–Crippen LogP) is 5.14. The highest BCUT2D eigenvalue weighted by molar-refractivity contribution is 5.56. The van der Waals surface area contributed by atoms with Gasteiger partial charge in [-0.2, -0.15) is 10.5 Å². The van der Waals surface area contributed by atoms with E-state index < -0.39 is 11.5 Å². The SMILES string of the molecule is Cn1nnnc1-c1cc(F)cc(CC(C)(F)CC2CN(C(c3ccc(C#N)cc3)c3cccc(C#N)c3)C2)c1. The molecule has 0 spiro atoms. The Balaban J connectivity index is 1.30. The van der Waals surface area contributed by atoms with E-state index in [1.54, 1.807) is 38.2 Å². The molecule has 0 radical (unpaired) electrons. The Morgan fingerprint density at radius 3 is 2.41 bits per heavy atom. The second kappa shape index (κ2) is 10.7. The highest BCUT2D eigenvalue weighted by Crippen LogP contribution is 2.39. The maximum absolute atomic E-state index is 15.8. The van der Waals surface area contributed by atoms with Gasteiger partial charge in [0.15, 0.2) is 5.82 Å². The summed E-state index contributed by atoms with van der Waals surface area (Å²) in [5.41, 5.74) is 2.66. The number of nitrogens with zero attached hydrogens (tertiary/aromatic N) is 7. The Morgan fingerprint density at radius 1 is 1.00 bits per heavy atom. The number of alkyl halides is 1. The molecule has 0 N–H and O–H groups in total. The number of nitriles is 2. The summed E-state index contributed by atoms with van der Waals surface area (Å²) in [5, 5.41) is 29.9. The summed E-state index contributed by atoms with van der Waals surface area (Å²) >= 11 is 0. The van der Waals surface area contributed by atoms with Crippen LogP contribution in [0.15, 0.2) is 66.7 Å². The molecule has 3 aromatic carbocycles. The van der Waals surface area contributed by atoms with Gasteiger partial charge in [-0.15, -0.1) is 5.10 Å². The zero-order valence-corrected chi connectivity index (χ0v) is 21.7. The van der Waals surface area contributed by atoms with Crippen molar-refractivity contribution in [3.05, 3.63) is 100 Å². The number of rotatable bonds is 8. The van der Waals surface area contributed by atoms with Crippen LogP contribution in [0.2, 0.25) is 0 Å². The van der Waals surface area contributed by atoms with Crippen LogP contribution in [0.4, 0.5) is 8.78 Å². The first-order chi connectivity index (χ1) is 18.7. The van der Waals surface area contributed by atoms with Crippen molar-refractivity contribution < 1.29 is 8.78 Å². The Bertz CT molecular complexity index is 1560. The molecule has 0 aliphatic carbocycles. The van der Waals surface area contributed by atoms with Gasteiger partial charge < -0.3 is 0 Å². The average molecular weight is 524 g/mol. The molecule has 2 heterocycles. The summed E-state index contributed by atoms with van der Waals surface area (Å²) in [6, 6.07) is 23.6. The van der Waals surface area contributed by atoms with Gasteiger partial charge in [0.05, 0.1) is 29.3 Å². The van der Waals surface area contributed by atoms with Crippen LogP contribution in [0.1, 0.15) is 47.2 Å². The summed E-state index contributed by atoms with van der Waals surface area (Å²) in [4.78, 5) is 2.26. The molecule has 2 unspecified atom stereocenters. The molecule has 0 saturated carbocycles. The van der Waals surface area contributed by atoms with Crippen LogP contribution in [-0.4, -0.2) is 43.9 Å². The highest BCUT2D eigenvalue weighted by atomic mass is 19.1. The first-order valence-electron chi connectivity index (χ1n) is 12.7. The topological polar surface area (TPSA) is 94.4 Å². The minimum absolute atomic E-state index is 0.0722. The molecule has 7 nitrogen and oxygen atoms in total. The van der Waals surface area contributed by atoms with Gasteiger partial charge in [-0.05, 0) is 88.8 Å². The zero-order chi connectivity index (χ0) is 27.6. The van der Waals surface area contributed by atoms with E-state index in [-0.39, 0.29) is 18.4 Å². The number of hydrogen-bond donors (Lipinski definition) is 0. The lowest BCUT2D eigenvalue weighted by Crippen LogP contribution is -2.50. The van der Waals surface area contributed by atoms with Crippen LogP contribution in [0.3, 0.4) is 0 Å². The van der Waals surface area contributed by atoms with Crippen molar-refractivity contribution in [3.63, 3.8) is 0 Å². The Kier molecular flexibility index (Phi) is 7.19. The Morgan fingerprint density at radius 2 is 1.74 bits per heavy atom. The molecule has 1 aliphatic rings. The van der Waals surface area contributed by atoms with Crippen molar-refractivity contribution in [1.29, 1.82) is 10.5 Å². The predicted molar refractivity (Wildman–Crippen MR) is 141 cm³/mol. The molecular formula is C30H27F2N7. The monoisotopic (exact) mass is 523 g/mol. The van der Waals surface area contributed by atoms with E-state index in [0.29, 0.717) is 47.6 Å². The summed E-state index contributed by atoms with van der Waals surface area (Å²) in [7, 11) is 1.67. The molecular weight excluding hydrogens is 496 g/mol. The Hall–Kier alpha value is -4.47. The fourth-order valence-corrected chi connectivity index (χ4v) is 5.54. The lowest BCUT2D eigenvalue weighted by molar-refractivity contribution is 0.0238. The molecule has 5 rings (SSSR count). The zero-order valence-electron chi connectivity index (χ0n) is 21.7. The molecule has 0 bridgehead atoms. The third-order valence-electron chi connectivity index (χ3n) is 7.16. The largest absolute Gasteiger partial charge is 0.292 e. The summed E-state index contributed by atoms with van der Waals surface area (Å²) in [5.74, 6) is 0.0808. The van der Waals surface area contributed by atoms with E-state index in [1.807, 2.05) is 30.3 Å². The molecule has 0 amide bonds. The molecule has 4 aromatic rings. The molecule has 1 fully saturated rings. The van der Waals surface area contributed by atoms with Crippen LogP contribution < -0.4 is 0 Å². The van der Waals surface area contributed by atoms with Crippen molar-refractivity contribution in [2.24, 2.45) is 13.0 Å². The van der Waals surface area contributed by atoms with E-state index in [4.69, 9.17) is 0 Å². The highest BCUT2D eigenvalue weighted by Gasteiger charge is 2.38. The van der Waals surface area contributed by atoms with Gasteiger partial charge in [0.1, 0.15) is 11.5 Å². The lowest BCUT2D eigenvalue weighted by atomic mass is 9.82. The number of hydrogen-bond acceptors (Lipinski definition) is 6. The Labute approximate surface area is 225 Å². The van der Waals surface area contributed by atoms with Gasteiger partial charge >= 0.3 is 0 Å². The van der Waals surface area contributed by atoms with E-state index in [0.717, 1.165) is 11.1 Å². The number of aromatic nitrogens is 4. The van der Waals surface area contributed by atoms with Gasteiger partial charge in [0.25, 0.3) is 0 Å². The maximum atomic E-state index is 15.8. The molecule has 2 atom stereocenters. The van der Waals surface area contributed by atoms with Crippen LogP contribution in [0.5, 0.6) is 0 Å². The van der Waals surface area contributed by atoms with Crippen molar-refractivity contribution in [2.45, 2.75) is 31.5 Å². The number of halogens is 2. The second-order valence-corrected chi connectivity index (χ2v) is 10.5. The fourth-order valence-electron chi connectivity index (χ4n) is 5.54. The number of benzene rings is 3. The normalized spacial score (nSPS) is 16.1. The van der Waals surface area contributed by atoms with Gasteiger partial charge in [-0.1, -0.05) is 24.3 Å².